The van der Waals surface area contributed by atoms with E-state index in [9.17, 15) is 18.3 Å². The zero-order chi connectivity index (χ0) is 16.0. The van der Waals surface area contributed by atoms with Gasteiger partial charge in [-0.05, 0) is 30.5 Å². The summed E-state index contributed by atoms with van der Waals surface area (Å²) in [5.41, 5.74) is 0.279. The van der Waals surface area contributed by atoms with E-state index >= 15 is 0 Å². The lowest BCUT2D eigenvalue weighted by Gasteiger charge is -2.18. The minimum absolute atomic E-state index is 0.185. The molecule has 0 saturated heterocycles. The van der Waals surface area contributed by atoms with Crippen molar-refractivity contribution in [3.8, 4) is 0 Å². The molecule has 2 unspecified atom stereocenters. The van der Waals surface area contributed by atoms with Gasteiger partial charge in [0.15, 0.2) is 17.5 Å². The molecule has 1 aromatic carbocycles. The lowest BCUT2D eigenvalue weighted by molar-refractivity contribution is 0.0252. The van der Waals surface area contributed by atoms with Crippen LogP contribution in [0.4, 0.5) is 13.2 Å². The van der Waals surface area contributed by atoms with E-state index in [2.05, 4.69) is 5.32 Å². The second kappa shape index (κ2) is 8.36. The van der Waals surface area contributed by atoms with Crippen molar-refractivity contribution >= 4 is 0 Å². The number of benzene rings is 1. The van der Waals surface area contributed by atoms with Gasteiger partial charge in [0.05, 0.1) is 12.7 Å². The Morgan fingerprint density at radius 2 is 1.67 bits per heavy atom. The van der Waals surface area contributed by atoms with Gasteiger partial charge in [0.25, 0.3) is 0 Å². The largest absolute Gasteiger partial charge is 0.389 e. The monoisotopic (exact) mass is 305 g/mol. The molecule has 0 aliphatic heterocycles. The first kappa shape index (κ1) is 17.9. The third kappa shape index (κ3) is 6.03. The fraction of sp³-hybridized carbons (Fsp3) is 0.600. The maximum Gasteiger partial charge on any atom is 0.194 e. The molecule has 0 spiro atoms. The Hall–Kier alpha value is -1.11. The smallest absolute Gasteiger partial charge is 0.194 e. The van der Waals surface area contributed by atoms with Gasteiger partial charge in [-0.2, -0.15) is 0 Å². The van der Waals surface area contributed by atoms with Crippen LogP contribution in [-0.2, 0) is 4.74 Å². The summed E-state index contributed by atoms with van der Waals surface area (Å²) in [5.74, 6) is -3.54. The number of aliphatic hydroxyl groups excluding tert-OH is 1. The first-order chi connectivity index (χ1) is 9.81. The molecule has 21 heavy (non-hydrogen) atoms. The van der Waals surface area contributed by atoms with E-state index in [-0.39, 0.29) is 18.7 Å². The number of ether oxygens (including phenoxy) is 1. The molecule has 0 radical (unpaired) electrons. The molecule has 2 atom stereocenters. The first-order valence-electron chi connectivity index (χ1n) is 6.94. The van der Waals surface area contributed by atoms with E-state index in [0.29, 0.717) is 12.5 Å². The van der Waals surface area contributed by atoms with Crippen molar-refractivity contribution < 1.29 is 23.0 Å². The van der Waals surface area contributed by atoms with Crippen molar-refractivity contribution in [2.45, 2.75) is 32.9 Å². The average molecular weight is 305 g/mol. The molecule has 0 aliphatic carbocycles. The van der Waals surface area contributed by atoms with E-state index in [1.165, 1.54) is 0 Å². The zero-order valence-electron chi connectivity index (χ0n) is 12.5. The molecule has 0 aromatic heterocycles. The number of halogens is 3. The highest BCUT2D eigenvalue weighted by molar-refractivity contribution is 5.22. The Kier molecular flexibility index (Phi) is 7.14. The number of rotatable bonds is 8. The second-order valence-electron chi connectivity index (χ2n) is 5.51. The van der Waals surface area contributed by atoms with E-state index in [0.717, 1.165) is 12.1 Å². The summed E-state index contributed by atoms with van der Waals surface area (Å²) >= 11 is 0. The summed E-state index contributed by atoms with van der Waals surface area (Å²) in [6, 6.07) is 1.46. The predicted octanol–water partition coefficient (Wildman–Crippen LogP) is 2.79. The number of aliphatic hydroxyl groups is 1. The highest BCUT2D eigenvalue weighted by Crippen LogP contribution is 2.19. The molecule has 1 rings (SSSR count). The highest BCUT2D eigenvalue weighted by atomic mass is 19.2. The molecule has 2 N–H and O–H groups in total. The van der Waals surface area contributed by atoms with Gasteiger partial charge in [-0.3, -0.25) is 0 Å². The minimum Gasteiger partial charge on any atom is -0.389 e. The molecule has 120 valence electrons. The van der Waals surface area contributed by atoms with Crippen molar-refractivity contribution in [2.24, 2.45) is 5.92 Å². The number of hydrogen-bond acceptors (Lipinski definition) is 3. The topological polar surface area (TPSA) is 41.5 Å². The van der Waals surface area contributed by atoms with Gasteiger partial charge in [0.2, 0.25) is 0 Å². The van der Waals surface area contributed by atoms with Gasteiger partial charge in [0.1, 0.15) is 0 Å². The van der Waals surface area contributed by atoms with Crippen molar-refractivity contribution in [3.63, 3.8) is 0 Å². The molecule has 0 amide bonds. The second-order valence-corrected chi connectivity index (χ2v) is 5.51. The van der Waals surface area contributed by atoms with Gasteiger partial charge >= 0.3 is 0 Å². The minimum atomic E-state index is -1.48. The van der Waals surface area contributed by atoms with Crippen LogP contribution in [0.5, 0.6) is 0 Å². The molecular formula is C15H22F3NO2. The molecule has 0 aliphatic rings. The lowest BCUT2D eigenvalue weighted by Crippen LogP contribution is -2.32. The van der Waals surface area contributed by atoms with Crippen LogP contribution >= 0.6 is 0 Å². The molecule has 0 saturated carbocycles. The summed E-state index contributed by atoms with van der Waals surface area (Å²) in [6.45, 7) is 6.63. The van der Waals surface area contributed by atoms with Crippen LogP contribution in [0.3, 0.4) is 0 Å². The van der Waals surface area contributed by atoms with Crippen molar-refractivity contribution in [1.82, 2.24) is 5.32 Å². The fourth-order valence-electron chi connectivity index (χ4n) is 1.75. The number of hydrogen-bond donors (Lipinski definition) is 2. The van der Waals surface area contributed by atoms with Gasteiger partial charge in [0, 0.05) is 19.2 Å². The Balaban J connectivity index is 2.45. The van der Waals surface area contributed by atoms with Crippen LogP contribution in [0, 0.1) is 23.4 Å². The summed E-state index contributed by atoms with van der Waals surface area (Å²) in [6.07, 6.45) is -0.721. The summed E-state index contributed by atoms with van der Waals surface area (Å²) < 4.78 is 44.4. The molecule has 0 heterocycles. The zero-order valence-corrected chi connectivity index (χ0v) is 12.5. The third-order valence-electron chi connectivity index (χ3n) is 2.93. The Morgan fingerprint density at radius 3 is 2.19 bits per heavy atom. The van der Waals surface area contributed by atoms with E-state index in [1.54, 1.807) is 6.92 Å². The normalized spacial score (nSPS) is 14.5. The highest BCUT2D eigenvalue weighted by Gasteiger charge is 2.15. The molecule has 3 nitrogen and oxygen atoms in total. The van der Waals surface area contributed by atoms with Crippen LogP contribution in [-0.4, -0.2) is 31.0 Å². The predicted molar refractivity (Wildman–Crippen MR) is 74.4 cm³/mol. The van der Waals surface area contributed by atoms with Crippen LogP contribution in [0.2, 0.25) is 0 Å². The lowest BCUT2D eigenvalue weighted by atomic mass is 10.1. The summed E-state index contributed by atoms with van der Waals surface area (Å²) in [5, 5.41) is 12.6. The Bertz CT molecular complexity index is 432. The third-order valence-corrected chi connectivity index (χ3v) is 2.93. The maximum absolute atomic E-state index is 13.1. The van der Waals surface area contributed by atoms with Crippen LogP contribution in [0.25, 0.3) is 0 Å². The fourth-order valence-corrected chi connectivity index (χ4v) is 1.75. The molecule has 0 bridgehead atoms. The quantitative estimate of drug-likeness (QED) is 0.726. The van der Waals surface area contributed by atoms with Gasteiger partial charge < -0.3 is 15.2 Å². The Labute approximate surface area is 123 Å². The van der Waals surface area contributed by atoms with E-state index in [4.69, 9.17) is 4.74 Å². The average Bonchev–Trinajstić information content (AvgIpc) is 2.41. The van der Waals surface area contributed by atoms with E-state index < -0.39 is 29.6 Å². The molecule has 1 aromatic rings. The van der Waals surface area contributed by atoms with Gasteiger partial charge in [-0.15, -0.1) is 0 Å². The Morgan fingerprint density at radius 1 is 1.10 bits per heavy atom. The SMILES string of the molecule is CC(C)COCC(O)CNC(C)c1cc(F)c(F)c(F)c1. The number of nitrogens with one attached hydrogen (secondary N) is 1. The van der Waals surface area contributed by atoms with Gasteiger partial charge in [-0.25, -0.2) is 13.2 Å². The van der Waals surface area contributed by atoms with Crippen LogP contribution in [0.15, 0.2) is 12.1 Å². The maximum atomic E-state index is 13.1. The first-order valence-corrected chi connectivity index (χ1v) is 6.94. The molecule has 0 fully saturated rings. The molecule has 6 heteroatoms. The van der Waals surface area contributed by atoms with Crippen molar-refractivity contribution in [2.75, 3.05) is 19.8 Å². The van der Waals surface area contributed by atoms with Crippen molar-refractivity contribution in [3.05, 3.63) is 35.1 Å². The van der Waals surface area contributed by atoms with Crippen LogP contribution in [0.1, 0.15) is 32.4 Å². The summed E-state index contributed by atoms with van der Waals surface area (Å²) in [4.78, 5) is 0. The van der Waals surface area contributed by atoms with Crippen molar-refractivity contribution in [1.29, 1.82) is 0 Å². The van der Waals surface area contributed by atoms with E-state index in [1.807, 2.05) is 13.8 Å². The summed E-state index contributed by atoms with van der Waals surface area (Å²) in [7, 11) is 0. The van der Waals surface area contributed by atoms with Gasteiger partial charge in [-0.1, -0.05) is 13.8 Å². The van der Waals surface area contributed by atoms with Crippen LogP contribution < -0.4 is 5.32 Å². The standard InChI is InChI=1S/C15H22F3NO2/c1-9(2)7-21-8-12(20)6-19-10(3)11-4-13(16)15(18)14(17)5-11/h4-5,9-10,12,19-20H,6-8H2,1-3H3. The molecular weight excluding hydrogens is 283 g/mol.